The first-order valence-corrected chi connectivity index (χ1v) is 9.12. The Hall–Kier alpha value is -4.75. The number of nitrogens with one attached hydrogen (secondary N) is 1. The number of nitrogens with zero attached hydrogens (tertiary/aromatic N) is 6. The van der Waals surface area contributed by atoms with E-state index >= 15 is 0 Å². The molecule has 1 N–H and O–H groups in total. The van der Waals surface area contributed by atoms with E-state index < -0.39 is 0 Å². The van der Waals surface area contributed by atoms with Gasteiger partial charge in [0.05, 0.1) is 41.1 Å². The molecule has 7 heteroatoms. The molecule has 0 atom stereocenters. The average molecular weight is 387 g/mol. The fraction of sp³-hybridized carbons (Fsp3) is 0. The Balaban J connectivity index is 1.62. The lowest BCUT2D eigenvalue weighted by Crippen LogP contribution is -1.95. The first kappa shape index (κ1) is 17.4. The number of hydrogen-bond acceptors (Lipinski definition) is 4. The van der Waals surface area contributed by atoms with Crippen LogP contribution in [0, 0.1) is 17.9 Å². The van der Waals surface area contributed by atoms with E-state index in [2.05, 4.69) is 31.1 Å². The number of benzene rings is 2. The van der Waals surface area contributed by atoms with Crippen LogP contribution in [-0.2, 0) is 0 Å². The summed E-state index contributed by atoms with van der Waals surface area (Å²) in [6.07, 6.45) is 5.05. The Morgan fingerprint density at radius 2 is 1.93 bits per heavy atom. The third-order valence-corrected chi connectivity index (χ3v) is 4.89. The highest BCUT2D eigenvalue weighted by atomic mass is 15.1. The van der Waals surface area contributed by atoms with Crippen LogP contribution in [0.3, 0.4) is 0 Å². The minimum Gasteiger partial charge on any atom is -0.283 e. The molecule has 0 amide bonds. The number of fused-ring (bicyclic) bond motifs is 1. The first-order valence-electron chi connectivity index (χ1n) is 9.12. The Morgan fingerprint density at radius 1 is 1.00 bits per heavy atom. The third kappa shape index (κ3) is 2.88. The number of aromatic nitrogens is 5. The molecule has 0 aliphatic heterocycles. The highest BCUT2D eigenvalue weighted by molar-refractivity contribution is 5.87. The molecule has 5 rings (SSSR count). The summed E-state index contributed by atoms with van der Waals surface area (Å²) in [5, 5.41) is 16.5. The molecule has 3 aromatic heterocycles. The summed E-state index contributed by atoms with van der Waals surface area (Å²) in [5.74, 6) is 0.691. The minimum absolute atomic E-state index is 0.492. The zero-order valence-corrected chi connectivity index (χ0v) is 15.6. The average Bonchev–Trinajstić information content (AvgIpc) is 3.46. The van der Waals surface area contributed by atoms with Crippen molar-refractivity contribution in [3.05, 3.63) is 90.3 Å². The second-order valence-electron chi connectivity index (χ2n) is 6.66. The Morgan fingerprint density at radius 3 is 2.73 bits per heavy atom. The van der Waals surface area contributed by atoms with Crippen LogP contribution in [0.15, 0.2) is 73.3 Å². The van der Waals surface area contributed by atoms with Gasteiger partial charge in [-0.15, -0.1) is 0 Å². The molecular weight excluding hydrogens is 374 g/mol. The molecule has 0 fully saturated rings. The molecule has 0 aliphatic rings. The number of hydrogen-bond donors (Lipinski definition) is 1. The van der Waals surface area contributed by atoms with Gasteiger partial charge in [0.25, 0.3) is 0 Å². The lowest BCUT2D eigenvalue weighted by Gasteiger charge is -2.07. The quantitative estimate of drug-likeness (QED) is 0.446. The van der Waals surface area contributed by atoms with Crippen molar-refractivity contribution in [2.24, 2.45) is 0 Å². The largest absolute Gasteiger partial charge is 0.283 e. The predicted molar refractivity (Wildman–Crippen MR) is 113 cm³/mol. The monoisotopic (exact) mass is 387 g/mol. The number of pyridine rings is 1. The molecule has 5 aromatic rings. The Labute approximate surface area is 171 Å². The molecule has 0 aliphatic carbocycles. The summed E-state index contributed by atoms with van der Waals surface area (Å²) in [6.45, 7) is 7.08. The van der Waals surface area contributed by atoms with Crippen LogP contribution in [0.5, 0.6) is 0 Å². The Bertz CT molecular complexity index is 1460. The van der Waals surface area contributed by atoms with Crippen LogP contribution in [0.4, 0.5) is 5.69 Å². The van der Waals surface area contributed by atoms with Crippen molar-refractivity contribution in [2.45, 2.75) is 0 Å². The number of nitriles is 1. The number of H-pyrrole nitrogens is 1. The second-order valence-corrected chi connectivity index (χ2v) is 6.66. The molecule has 0 radical (unpaired) electrons. The van der Waals surface area contributed by atoms with E-state index in [-0.39, 0.29) is 0 Å². The molecule has 140 valence electrons. The van der Waals surface area contributed by atoms with Crippen LogP contribution in [0.1, 0.15) is 5.56 Å². The van der Waals surface area contributed by atoms with E-state index in [9.17, 15) is 5.26 Å². The number of aromatic amines is 1. The third-order valence-electron chi connectivity index (χ3n) is 4.89. The summed E-state index contributed by atoms with van der Waals surface area (Å²) >= 11 is 0. The lowest BCUT2D eigenvalue weighted by atomic mass is 10.0. The number of rotatable bonds is 3. The van der Waals surface area contributed by atoms with Crippen LogP contribution >= 0.6 is 0 Å². The van der Waals surface area contributed by atoms with Gasteiger partial charge >= 0.3 is 0 Å². The van der Waals surface area contributed by atoms with Crippen LogP contribution < -0.4 is 0 Å². The predicted octanol–water partition coefficient (Wildman–Crippen LogP) is 4.90. The maximum absolute atomic E-state index is 9.20. The van der Waals surface area contributed by atoms with Gasteiger partial charge in [-0.05, 0) is 35.9 Å². The van der Waals surface area contributed by atoms with Crippen molar-refractivity contribution in [3.8, 4) is 34.3 Å². The Kier molecular flexibility index (Phi) is 4.05. The molecule has 0 spiro atoms. The van der Waals surface area contributed by atoms with Crippen molar-refractivity contribution in [1.82, 2.24) is 24.7 Å². The lowest BCUT2D eigenvalue weighted by molar-refractivity contribution is 1.02. The van der Waals surface area contributed by atoms with Crippen LogP contribution in [0.25, 0.3) is 44.1 Å². The highest BCUT2D eigenvalue weighted by Crippen LogP contribution is 2.32. The highest BCUT2D eigenvalue weighted by Gasteiger charge is 2.13. The van der Waals surface area contributed by atoms with Gasteiger partial charge in [0.1, 0.15) is 12.1 Å². The summed E-state index contributed by atoms with van der Waals surface area (Å²) < 4.78 is 1.89. The summed E-state index contributed by atoms with van der Waals surface area (Å²) in [7, 11) is 0. The van der Waals surface area contributed by atoms with Gasteiger partial charge in [0, 0.05) is 17.3 Å². The maximum atomic E-state index is 9.20. The topological polar surface area (TPSA) is 87.5 Å². The van der Waals surface area contributed by atoms with Gasteiger partial charge in [0.2, 0.25) is 5.69 Å². The van der Waals surface area contributed by atoms with Gasteiger partial charge in [-0.25, -0.2) is 9.83 Å². The number of imidazole rings is 1. The van der Waals surface area contributed by atoms with E-state index in [1.165, 1.54) is 0 Å². The van der Waals surface area contributed by atoms with Gasteiger partial charge < -0.3 is 0 Å². The normalized spacial score (nSPS) is 10.6. The SMILES string of the molecule is [C-]#[N+]c1ccc(-n2cnc3ccc(-c4cn[nH]c4-c4cccc(C#N)c4)cc32)nc1. The molecule has 30 heavy (non-hydrogen) atoms. The van der Waals surface area contributed by atoms with Crippen molar-refractivity contribution < 1.29 is 0 Å². The first-order chi connectivity index (χ1) is 14.8. The van der Waals surface area contributed by atoms with E-state index in [1.807, 2.05) is 41.0 Å². The van der Waals surface area contributed by atoms with Gasteiger partial charge in [-0.1, -0.05) is 24.3 Å². The molecular formula is C23H13N7. The zero-order chi connectivity index (χ0) is 20.5. The van der Waals surface area contributed by atoms with Crippen molar-refractivity contribution in [3.63, 3.8) is 0 Å². The van der Waals surface area contributed by atoms with Crippen LogP contribution in [0.2, 0.25) is 0 Å². The van der Waals surface area contributed by atoms with E-state index in [4.69, 9.17) is 6.57 Å². The summed E-state index contributed by atoms with van der Waals surface area (Å²) in [4.78, 5) is 12.2. The fourth-order valence-electron chi connectivity index (χ4n) is 3.41. The summed E-state index contributed by atoms with van der Waals surface area (Å²) in [5.41, 5.74) is 6.45. The van der Waals surface area contributed by atoms with Gasteiger partial charge in [0.15, 0.2) is 0 Å². The molecule has 0 bridgehead atoms. The molecule has 7 nitrogen and oxygen atoms in total. The van der Waals surface area contributed by atoms with Crippen LogP contribution in [-0.4, -0.2) is 24.7 Å². The van der Waals surface area contributed by atoms with Gasteiger partial charge in [-0.3, -0.25) is 14.6 Å². The van der Waals surface area contributed by atoms with Crippen molar-refractivity contribution in [1.29, 1.82) is 5.26 Å². The minimum atomic E-state index is 0.492. The van der Waals surface area contributed by atoms with Gasteiger partial charge in [-0.2, -0.15) is 10.4 Å². The molecule has 0 unspecified atom stereocenters. The molecule has 3 heterocycles. The molecule has 0 saturated heterocycles. The van der Waals surface area contributed by atoms with Crippen molar-refractivity contribution in [2.75, 3.05) is 0 Å². The fourth-order valence-corrected chi connectivity index (χ4v) is 3.41. The summed E-state index contributed by atoms with van der Waals surface area (Å²) in [6, 6.07) is 19.1. The molecule has 2 aromatic carbocycles. The van der Waals surface area contributed by atoms with Crippen molar-refractivity contribution >= 4 is 16.7 Å². The second kappa shape index (κ2) is 7.01. The zero-order valence-electron chi connectivity index (χ0n) is 15.6. The molecule has 0 saturated carbocycles. The maximum Gasteiger partial charge on any atom is 0.205 e. The van der Waals surface area contributed by atoms with E-state index in [0.29, 0.717) is 17.1 Å². The van der Waals surface area contributed by atoms with E-state index in [0.717, 1.165) is 33.4 Å². The standard InChI is InChI=1S/C23H13N7/c1-25-18-6-8-22(26-12-18)30-14-27-20-7-5-16(10-21(20)30)19-13-28-29-23(19)17-4-2-3-15(9-17)11-24/h2-10,12-14H,(H,28,29). The van der Waals surface area contributed by atoms with E-state index in [1.54, 1.807) is 36.9 Å². The smallest absolute Gasteiger partial charge is 0.205 e.